The molecule has 5 nitrogen and oxygen atoms in total. The minimum absolute atomic E-state index is 0.0268. The number of nitrogens with zero attached hydrogens (tertiary/aromatic N) is 3. The summed E-state index contributed by atoms with van der Waals surface area (Å²) in [7, 11) is 0. The van der Waals surface area contributed by atoms with Crippen molar-refractivity contribution in [3.63, 3.8) is 0 Å². The molecule has 1 aliphatic heterocycles. The zero-order chi connectivity index (χ0) is 19.8. The average molecular weight is 459 g/mol. The monoisotopic (exact) mass is 458 g/mol. The third kappa shape index (κ3) is 3.65. The van der Waals surface area contributed by atoms with Crippen LogP contribution in [0, 0.1) is 26.7 Å². The first-order chi connectivity index (χ1) is 13.4. The number of halogens is 1. The number of piperidine rings is 1. The third-order valence-corrected chi connectivity index (χ3v) is 7.52. The van der Waals surface area contributed by atoms with Gasteiger partial charge in [0.05, 0.1) is 5.39 Å². The molecule has 1 amide bonds. The number of rotatable bonds is 3. The van der Waals surface area contributed by atoms with Crippen molar-refractivity contribution < 1.29 is 4.79 Å². The first-order valence-corrected chi connectivity index (χ1v) is 11.1. The van der Waals surface area contributed by atoms with Crippen LogP contribution in [0.15, 0.2) is 29.0 Å². The molecule has 146 valence electrons. The van der Waals surface area contributed by atoms with Gasteiger partial charge >= 0.3 is 0 Å². The Morgan fingerprint density at radius 3 is 2.68 bits per heavy atom. The number of carbonyl (C=O) groups excluding carboxylic acids is 1. The number of aryl methyl sites for hydroxylation is 3. The van der Waals surface area contributed by atoms with Gasteiger partial charge in [0.1, 0.15) is 17.0 Å². The van der Waals surface area contributed by atoms with Crippen LogP contribution in [0.2, 0.25) is 0 Å². The number of hydrogen-bond acceptors (Lipinski definition) is 5. The zero-order valence-corrected chi connectivity index (χ0v) is 18.7. The Balaban J connectivity index is 1.45. The van der Waals surface area contributed by atoms with Crippen LogP contribution in [-0.4, -0.2) is 29.0 Å². The van der Waals surface area contributed by atoms with E-state index in [4.69, 9.17) is 0 Å². The molecule has 3 aromatic rings. The van der Waals surface area contributed by atoms with Crippen molar-refractivity contribution in [2.24, 2.45) is 5.92 Å². The maximum absolute atomic E-state index is 12.7. The van der Waals surface area contributed by atoms with Crippen molar-refractivity contribution in [2.75, 3.05) is 23.3 Å². The number of nitrogens with one attached hydrogen (secondary N) is 1. The zero-order valence-electron chi connectivity index (χ0n) is 16.3. The van der Waals surface area contributed by atoms with Gasteiger partial charge < -0.3 is 10.2 Å². The molecule has 1 aromatic carbocycles. The van der Waals surface area contributed by atoms with Gasteiger partial charge in [0.2, 0.25) is 5.91 Å². The smallest absolute Gasteiger partial charge is 0.227 e. The number of thiophene rings is 1. The molecule has 7 heteroatoms. The number of benzene rings is 1. The van der Waals surface area contributed by atoms with E-state index < -0.39 is 0 Å². The molecule has 0 radical (unpaired) electrons. The van der Waals surface area contributed by atoms with Crippen molar-refractivity contribution in [1.29, 1.82) is 0 Å². The van der Waals surface area contributed by atoms with E-state index in [9.17, 15) is 4.79 Å². The van der Waals surface area contributed by atoms with Crippen LogP contribution >= 0.6 is 27.3 Å². The van der Waals surface area contributed by atoms with E-state index in [0.717, 1.165) is 57.7 Å². The molecule has 0 bridgehead atoms. The number of amides is 1. The second kappa shape index (κ2) is 7.79. The standard InChI is InChI=1S/C21H23BrN4OS/c1-12-4-5-16(10-17(12)22)25-20(27)15-6-8-26(9-7-15)19-18-13(2)14(3)28-21(18)24-11-23-19/h4-5,10-11,15H,6-9H2,1-3H3,(H,25,27). The summed E-state index contributed by atoms with van der Waals surface area (Å²) in [5, 5.41) is 4.23. The van der Waals surface area contributed by atoms with Gasteiger partial charge in [-0.05, 0) is 56.9 Å². The summed E-state index contributed by atoms with van der Waals surface area (Å²) in [6.07, 6.45) is 3.31. The molecule has 1 fully saturated rings. The Morgan fingerprint density at radius 2 is 1.96 bits per heavy atom. The summed E-state index contributed by atoms with van der Waals surface area (Å²) in [4.78, 5) is 26.4. The summed E-state index contributed by atoms with van der Waals surface area (Å²) in [5.74, 6) is 1.14. The van der Waals surface area contributed by atoms with Gasteiger partial charge in [-0.15, -0.1) is 11.3 Å². The lowest BCUT2D eigenvalue weighted by molar-refractivity contribution is -0.120. The molecular weight excluding hydrogens is 436 g/mol. The Bertz CT molecular complexity index is 1040. The van der Waals surface area contributed by atoms with E-state index in [1.807, 2.05) is 25.1 Å². The van der Waals surface area contributed by atoms with Crippen molar-refractivity contribution in [1.82, 2.24) is 9.97 Å². The number of fused-ring (bicyclic) bond motifs is 1. The third-order valence-electron chi connectivity index (χ3n) is 5.55. The lowest BCUT2D eigenvalue weighted by Gasteiger charge is -2.32. The Morgan fingerprint density at radius 1 is 1.21 bits per heavy atom. The van der Waals surface area contributed by atoms with Gasteiger partial charge in [0.25, 0.3) is 0 Å². The van der Waals surface area contributed by atoms with Crippen molar-refractivity contribution in [2.45, 2.75) is 33.6 Å². The highest BCUT2D eigenvalue weighted by molar-refractivity contribution is 9.10. The molecule has 28 heavy (non-hydrogen) atoms. The SMILES string of the molecule is Cc1ccc(NC(=O)C2CCN(c3ncnc4sc(C)c(C)c34)CC2)cc1Br. The van der Waals surface area contributed by atoms with E-state index in [0.29, 0.717) is 0 Å². The van der Waals surface area contributed by atoms with Crippen LogP contribution in [0.4, 0.5) is 11.5 Å². The van der Waals surface area contributed by atoms with Crippen LogP contribution in [0.3, 0.4) is 0 Å². The highest BCUT2D eigenvalue weighted by Gasteiger charge is 2.27. The fraction of sp³-hybridized carbons (Fsp3) is 0.381. The number of carbonyl (C=O) groups is 1. The maximum atomic E-state index is 12.7. The minimum atomic E-state index is 0.0268. The Kier molecular flexibility index (Phi) is 5.38. The van der Waals surface area contributed by atoms with Gasteiger partial charge in [-0.25, -0.2) is 9.97 Å². The molecule has 0 saturated carbocycles. The lowest BCUT2D eigenvalue weighted by Crippen LogP contribution is -2.38. The fourth-order valence-electron chi connectivity index (χ4n) is 3.67. The summed E-state index contributed by atoms with van der Waals surface area (Å²) in [6, 6.07) is 5.92. The van der Waals surface area contributed by atoms with Gasteiger partial charge in [-0.1, -0.05) is 22.0 Å². The molecule has 1 saturated heterocycles. The quantitative estimate of drug-likeness (QED) is 0.583. The largest absolute Gasteiger partial charge is 0.356 e. The topological polar surface area (TPSA) is 58.1 Å². The lowest BCUT2D eigenvalue weighted by atomic mass is 9.95. The van der Waals surface area contributed by atoms with Crippen molar-refractivity contribution >= 4 is 54.9 Å². The summed E-state index contributed by atoms with van der Waals surface area (Å²) < 4.78 is 1.01. The van der Waals surface area contributed by atoms with Crippen LogP contribution in [0.1, 0.15) is 28.8 Å². The number of hydrogen-bond donors (Lipinski definition) is 1. The van der Waals surface area contributed by atoms with Crippen LogP contribution in [0.5, 0.6) is 0 Å². The number of anilines is 2. The maximum Gasteiger partial charge on any atom is 0.227 e. The molecular formula is C21H23BrN4OS. The number of aromatic nitrogens is 2. The van der Waals surface area contributed by atoms with Crippen LogP contribution < -0.4 is 10.2 Å². The minimum Gasteiger partial charge on any atom is -0.356 e. The highest BCUT2D eigenvalue weighted by atomic mass is 79.9. The van der Waals surface area contributed by atoms with Crippen LogP contribution in [0.25, 0.3) is 10.2 Å². The van der Waals surface area contributed by atoms with Crippen molar-refractivity contribution in [3.05, 3.63) is 45.0 Å². The first kappa shape index (κ1) is 19.3. The molecule has 0 atom stereocenters. The van der Waals surface area contributed by atoms with E-state index in [1.54, 1.807) is 17.7 Å². The molecule has 0 aliphatic carbocycles. The molecule has 3 heterocycles. The highest BCUT2D eigenvalue weighted by Crippen LogP contribution is 2.35. The fourth-order valence-corrected chi connectivity index (χ4v) is 5.04. The van der Waals surface area contributed by atoms with Crippen LogP contribution in [-0.2, 0) is 4.79 Å². The van der Waals surface area contributed by atoms with E-state index in [-0.39, 0.29) is 11.8 Å². The van der Waals surface area contributed by atoms with Crippen molar-refractivity contribution in [3.8, 4) is 0 Å². The summed E-state index contributed by atoms with van der Waals surface area (Å²) in [6.45, 7) is 7.96. The van der Waals surface area contributed by atoms with Gasteiger partial charge in [-0.3, -0.25) is 4.79 Å². The molecule has 2 aromatic heterocycles. The van der Waals surface area contributed by atoms with Gasteiger partial charge in [0, 0.05) is 34.0 Å². The van der Waals surface area contributed by atoms with Gasteiger partial charge in [0.15, 0.2) is 0 Å². The molecule has 0 unspecified atom stereocenters. The molecule has 1 N–H and O–H groups in total. The van der Waals surface area contributed by atoms with E-state index in [2.05, 4.69) is 50.0 Å². The first-order valence-electron chi connectivity index (χ1n) is 9.46. The normalized spacial score (nSPS) is 15.2. The second-order valence-electron chi connectivity index (χ2n) is 7.38. The van der Waals surface area contributed by atoms with E-state index >= 15 is 0 Å². The Labute approximate surface area is 177 Å². The summed E-state index contributed by atoms with van der Waals surface area (Å²) >= 11 is 5.24. The molecule has 4 rings (SSSR count). The molecule has 0 spiro atoms. The second-order valence-corrected chi connectivity index (χ2v) is 9.43. The van der Waals surface area contributed by atoms with E-state index in [1.165, 1.54) is 10.4 Å². The average Bonchev–Trinajstić information content (AvgIpc) is 2.99. The predicted octanol–water partition coefficient (Wildman–Crippen LogP) is 5.23. The molecule has 1 aliphatic rings. The summed E-state index contributed by atoms with van der Waals surface area (Å²) in [5.41, 5.74) is 3.26. The van der Waals surface area contributed by atoms with Gasteiger partial charge in [-0.2, -0.15) is 0 Å². The predicted molar refractivity (Wildman–Crippen MR) is 119 cm³/mol. The Hall–Kier alpha value is -1.99.